The van der Waals surface area contributed by atoms with Crippen molar-refractivity contribution in [3.05, 3.63) is 63.6 Å². The molecule has 0 saturated heterocycles. The van der Waals surface area contributed by atoms with E-state index in [1.807, 2.05) is 36.4 Å². The molecule has 3 nitrogen and oxygen atoms in total. The Balaban J connectivity index is 2.39. The van der Waals surface area contributed by atoms with Crippen molar-refractivity contribution in [2.24, 2.45) is 5.73 Å². The van der Waals surface area contributed by atoms with E-state index in [2.05, 4.69) is 21.2 Å². The number of amides is 1. The van der Waals surface area contributed by atoms with Gasteiger partial charge in [-0.1, -0.05) is 41.9 Å². The molecule has 0 aliphatic rings. The number of hydrogen-bond donors (Lipinski definition) is 2. The number of carbonyl (C=O) groups excluding carboxylic acids is 1. The van der Waals surface area contributed by atoms with Gasteiger partial charge >= 0.3 is 0 Å². The van der Waals surface area contributed by atoms with Crippen molar-refractivity contribution in [2.75, 3.05) is 5.32 Å². The van der Waals surface area contributed by atoms with Gasteiger partial charge in [0, 0.05) is 10.2 Å². The molecule has 2 rings (SSSR count). The maximum Gasteiger partial charge on any atom is 0.247 e. The molecule has 1 unspecified atom stereocenters. The van der Waals surface area contributed by atoms with Crippen LogP contribution in [0.3, 0.4) is 0 Å². The van der Waals surface area contributed by atoms with Crippen LogP contribution in [0, 0.1) is 0 Å². The third kappa shape index (κ3) is 2.97. The number of benzene rings is 2. The average molecular weight is 354 g/mol. The second-order valence-electron chi connectivity index (χ2n) is 4.61. The van der Waals surface area contributed by atoms with Gasteiger partial charge in [-0.05, 0) is 46.6 Å². The third-order valence-corrected chi connectivity index (χ3v) is 4.37. The van der Waals surface area contributed by atoms with Crippen molar-refractivity contribution in [2.45, 2.75) is 12.5 Å². The van der Waals surface area contributed by atoms with Crippen LogP contribution in [0.5, 0.6) is 0 Å². The highest BCUT2D eigenvalue weighted by molar-refractivity contribution is 9.10. The molecule has 0 fully saturated rings. The maximum absolute atomic E-state index is 11.9. The number of anilines is 1. The number of rotatable bonds is 4. The fourth-order valence-electron chi connectivity index (χ4n) is 1.91. The second kappa shape index (κ2) is 5.85. The van der Waals surface area contributed by atoms with E-state index in [0.29, 0.717) is 5.02 Å². The van der Waals surface area contributed by atoms with Gasteiger partial charge in [0.2, 0.25) is 5.91 Å². The van der Waals surface area contributed by atoms with Crippen molar-refractivity contribution in [1.29, 1.82) is 0 Å². The molecule has 3 N–H and O–H groups in total. The fourth-order valence-corrected chi connectivity index (χ4v) is 2.41. The van der Waals surface area contributed by atoms with E-state index in [1.165, 1.54) is 0 Å². The van der Waals surface area contributed by atoms with Crippen LogP contribution in [0.1, 0.15) is 12.5 Å². The second-order valence-corrected chi connectivity index (χ2v) is 5.87. The van der Waals surface area contributed by atoms with E-state index in [9.17, 15) is 4.79 Å². The normalized spacial score (nSPS) is 13.6. The molecule has 0 radical (unpaired) electrons. The summed E-state index contributed by atoms with van der Waals surface area (Å²) in [6.07, 6.45) is 0. The Morgan fingerprint density at radius 1 is 1.25 bits per heavy atom. The third-order valence-electron chi connectivity index (χ3n) is 3.16. The molecule has 0 aliphatic heterocycles. The van der Waals surface area contributed by atoms with E-state index in [1.54, 1.807) is 19.1 Å². The summed E-state index contributed by atoms with van der Waals surface area (Å²) in [5.41, 5.74) is 6.15. The Kier molecular flexibility index (Phi) is 4.35. The van der Waals surface area contributed by atoms with Crippen LogP contribution in [-0.4, -0.2) is 5.91 Å². The van der Waals surface area contributed by atoms with E-state index in [4.69, 9.17) is 17.3 Å². The van der Waals surface area contributed by atoms with Crippen LogP contribution in [0.2, 0.25) is 5.02 Å². The Morgan fingerprint density at radius 3 is 2.45 bits per heavy atom. The summed E-state index contributed by atoms with van der Waals surface area (Å²) >= 11 is 9.32. The molecule has 5 heteroatoms. The molecule has 0 heterocycles. The fraction of sp³-hybridized carbons (Fsp3) is 0.133. The molecule has 0 aromatic heterocycles. The molecule has 2 aromatic carbocycles. The smallest absolute Gasteiger partial charge is 0.247 e. The van der Waals surface area contributed by atoms with Gasteiger partial charge in [0.15, 0.2) is 0 Å². The molecule has 0 bridgehead atoms. The molecule has 1 atom stereocenters. The van der Waals surface area contributed by atoms with Crippen molar-refractivity contribution in [3.8, 4) is 0 Å². The molecular formula is C15H14BrClN2O. The Labute approximate surface area is 131 Å². The highest BCUT2D eigenvalue weighted by atomic mass is 79.9. The molecule has 0 saturated carbocycles. The molecule has 2 aromatic rings. The van der Waals surface area contributed by atoms with Gasteiger partial charge < -0.3 is 11.1 Å². The van der Waals surface area contributed by atoms with Crippen LogP contribution in [-0.2, 0) is 10.3 Å². The first-order valence-corrected chi connectivity index (χ1v) is 7.19. The zero-order valence-electron chi connectivity index (χ0n) is 10.9. The first kappa shape index (κ1) is 14.9. The summed E-state index contributed by atoms with van der Waals surface area (Å²) in [5.74, 6) is -0.449. The largest absolute Gasteiger partial charge is 0.368 e. The topological polar surface area (TPSA) is 55.1 Å². The van der Waals surface area contributed by atoms with E-state index >= 15 is 0 Å². The summed E-state index contributed by atoms with van der Waals surface area (Å²) in [6, 6.07) is 14.7. The molecule has 0 aliphatic carbocycles. The lowest BCUT2D eigenvalue weighted by atomic mass is 9.91. The zero-order chi connectivity index (χ0) is 14.8. The SMILES string of the molecule is CC(Nc1ccc(Cl)c(Br)c1)(C(N)=O)c1ccccc1. The van der Waals surface area contributed by atoms with Gasteiger partial charge in [0.05, 0.1) is 5.02 Å². The number of nitrogens with two attached hydrogens (primary N) is 1. The van der Waals surface area contributed by atoms with Gasteiger partial charge in [0.25, 0.3) is 0 Å². The van der Waals surface area contributed by atoms with Crippen LogP contribution < -0.4 is 11.1 Å². The molecule has 0 spiro atoms. The summed E-state index contributed by atoms with van der Waals surface area (Å²) < 4.78 is 0.754. The van der Waals surface area contributed by atoms with Crippen molar-refractivity contribution < 1.29 is 4.79 Å². The van der Waals surface area contributed by atoms with Gasteiger partial charge in [0.1, 0.15) is 5.54 Å². The highest BCUT2D eigenvalue weighted by Crippen LogP contribution is 2.30. The van der Waals surface area contributed by atoms with Gasteiger partial charge in [-0.15, -0.1) is 0 Å². The Hall–Kier alpha value is -1.52. The van der Waals surface area contributed by atoms with Crippen LogP contribution >= 0.6 is 27.5 Å². The summed E-state index contributed by atoms with van der Waals surface area (Å²) in [7, 11) is 0. The number of hydrogen-bond acceptors (Lipinski definition) is 2. The highest BCUT2D eigenvalue weighted by Gasteiger charge is 2.33. The summed E-state index contributed by atoms with van der Waals surface area (Å²) in [5, 5.41) is 3.78. The van der Waals surface area contributed by atoms with E-state index in [0.717, 1.165) is 15.7 Å². The molecular weight excluding hydrogens is 340 g/mol. The predicted molar refractivity (Wildman–Crippen MR) is 85.8 cm³/mol. The van der Waals surface area contributed by atoms with Crippen LogP contribution in [0.15, 0.2) is 53.0 Å². The van der Waals surface area contributed by atoms with Crippen LogP contribution in [0.25, 0.3) is 0 Å². The van der Waals surface area contributed by atoms with Crippen LogP contribution in [0.4, 0.5) is 5.69 Å². The summed E-state index contributed by atoms with van der Waals surface area (Å²) in [4.78, 5) is 11.9. The van der Waals surface area contributed by atoms with E-state index < -0.39 is 11.4 Å². The molecule has 1 amide bonds. The van der Waals surface area contributed by atoms with E-state index in [-0.39, 0.29) is 0 Å². The summed E-state index contributed by atoms with van der Waals surface area (Å²) in [6.45, 7) is 1.76. The van der Waals surface area contributed by atoms with Gasteiger partial charge in [-0.3, -0.25) is 4.79 Å². The number of carbonyl (C=O) groups is 1. The first-order valence-electron chi connectivity index (χ1n) is 6.02. The standard InChI is InChI=1S/C15H14BrClN2O/c1-15(14(18)20,10-5-3-2-4-6-10)19-11-7-8-13(17)12(16)9-11/h2-9,19H,1H3,(H2,18,20). The molecule has 20 heavy (non-hydrogen) atoms. The lowest BCUT2D eigenvalue weighted by molar-refractivity contribution is -0.122. The minimum absolute atomic E-state index is 0.449. The average Bonchev–Trinajstić information content (AvgIpc) is 2.43. The minimum atomic E-state index is -0.992. The number of nitrogens with one attached hydrogen (secondary N) is 1. The number of halogens is 2. The van der Waals surface area contributed by atoms with Crippen molar-refractivity contribution >= 4 is 39.1 Å². The lowest BCUT2D eigenvalue weighted by Gasteiger charge is -2.29. The van der Waals surface area contributed by atoms with Gasteiger partial charge in [-0.25, -0.2) is 0 Å². The lowest BCUT2D eigenvalue weighted by Crippen LogP contribution is -2.45. The maximum atomic E-state index is 11.9. The van der Waals surface area contributed by atoms with Crippen molar-refractivity contribution in [1.82, 2.24) is 0 Å². The minimum Gasteiger partial charge on any atom is -0.368 e. The monoisotopic (exact) mass is 352 g/mol. The molecule has 104 valence electrons. The first-order chi connectivity index (χ1) is 9.43. The Bertz CT molecular complexity index is 633. The van der Waals surface area contributed by atoms with Crippen molar-refractivity contribution in [3.63, 3.8) is 0 Å². The number of primary amides is 1. The Morgan fingerprint density at radius 2 is 1.90 bits per heavy atom. The zero-order valence-corrected chi connectivity index (χ0v) is 13.2. The quantitative estimate of drug-likeness (QED) is 0.875. The predicted octanol–water partition coefficient (Wildman–Crippen LogP) is 3.92. The van der Waals surface area contributed by atoms with Gasteiger partial charge in [-0.2, -0.15) is 0 Å².